The van der Waals surface area contributed by atoms with Crippen molar-refractivity contribution in [2.24, 2.45) is 0 Å². The zero-order valence-corrected chi connectivity index (χ0v) is 16.9. The summed E-state index contributed by atoms with van der Waals surface area (Å²) >= 11 is 6.06. The molecule has 1 aliphatic rings. The molecule has 0 spiro atoms. The number of likely N-dealkylation sites (tertiary alicyclic amines) is 1. The lowest BCUT2D eigenvalue weighted by Gasteiger charge is -2.31. The number of oxazole rings is 1. The molecule has 1 amide bonds. The standard InChI is InChI=1S/C22H22ClN3O3/c1-28-21-19(8-3-9-24-21)22(27)26-10-4-6-16(14-26)20-25-13-18(29-20)12-15-5-2-7-17(23)11-15/h2-3,5,7-9,11,13,16H,4,6,10,12,14H2,1H3. The molecule has 0 bridgehead atoms. The molecule has 1 aliphatic heterocycles. The van der Waals surface area contributed by atoms with E-state index in [-0.39, 0.29) is 11.8 Å². The Balaban J connectivity index is 1.46. The van der Waals surface area contributed by atoms with Crippen LogP contribution < -0.4 is 4.74 Å². The lowest BCUT2D eigenvalue weighted by molar-refractivity contribution is 0.0693. The van der Waals surface area contributed by atoms with E-state index >= 15 is 0 Å². The molecule has 3 aromatic rings. The smallest absolute Gasteiger partial charge is 0.259 e. The molecule has 1 fully saturated rings. The van der Waals surface area contributed by atoms with E-state index in [0.717, 1.165) is 24.2 Å². The molecular formula is C22H22ClN3O3. The van der Waals surface area contributed by atoms with Crippen molar-refractivity contribution in [1.29, 1.82) is 0 Å². The van der Waals surface area contributed by atoms with Gasteiger partial charge in [-0.15, -0.1) is 0 Å². The second-order valence-corrected chi connectivity index (χ2v) is 7.56. The van der Waals surface area contributed by atoms with Crippen molar-refractivity contribution in [3.8, 4) is 5.88 Å². The van der Waals surface area contributed by atoms with E-state index in [0.29, 0.717) is 41.9 Å². The largest absolute Gasteiger partial charge is 0.480 e. The fourth-order valence-corrected chi connectivity index (χ4v) is 3.90. The summed E-state index contributed by atoms with van der Waals surface area (Å²) in [5, 5.41) is 0.703. The van der Waals surface area contributed by atoms with E-state index < -0.39 is 0 Å². The molecule has 29 heavy (non-hydrogen) atoms. The van der Waals surface area contributed by atoms with E-state index in [2.05, 4.69) is 9.97 Å². The van der Waals surface area contributed by atoms with Crippen LogP contribution >= 0.6 is 11.6 Å². The Labute approximate surface area is 174 Å². The minimum atomic E-state index is -0.0784. The van der Waals surface area contributed by atoms with Crippen molar-refractivity contribution in [1.82, 2.24) is 14.9 Å². The normalized spacial score (nSPS) is 16.6. The number of ether oxygens (including phenoxy) is 1. The van der Waals surface area contributed by atoms with Crippen LogP contribution in [0.25, 0.3) is 0 Å². The quantitative estimate of drug-likeness (QED) is 0.624. The van der Waals surface area contributed by atoms with Crippen molar-refractivity contribution >= 4 is 17.5 Å². The monoisotopic (exact) mass is 411 g/mol. The van der Waals surface area contributed by atoms with Gasteiger partial charge >= 0.3 is 0 Å². The van der Waals surface area contributed by atoms with Crippen molar-refractivity contribution < 1.29 is 13.9 Å². The van der Waals surface area contributed by atoms with Crippen LogP contribution in [-0.4, -0.2) is 41.0 Å². The zero-order chi connectivity index (χ0) is 20.2. The SMILES string of the molecule is COc1ncccc1C(=O)N1CCCC(c2ncc(Cc3cccc(Cl)c3)o2)C1. The first-order valence-electron chi connectivity index (χ1n) is 9.61. The fourth-order valence-electron chi connectivity index (χ4n) is 3.69. The highest BCUT2D eigenvalue weighted by atomic mass is 35.5. The number of amides is 1. The van der Waals surface area contributed by atoms with Crippen molar-refractivity contribution in [3.05, 3.63) is 76.6 Å². The molecule has 1 saturated heterocycles. The number of carbonyl (C=O) groups excluding carboxylic acids is 1. The zero-order valence-electron chi connectivity index (χ0n) is 16.2. The maximum Gasteiger partial charge on any atom is 0.259 e. The molecule has 0 N–H and O–H groups in total. The summed E-state index contributed by atoms with van der Waals surface area (Å²) in [6, 6.07) is 11.2. The Morgan fingerprint density at radius 3 is 3.03 bits per heavy atom. The van der Waals surface area contributed by atoms with Crippen LogP contribution in [0.2, 0.25) is 5.02 Å². The molecule has 150 valence electrons. The highest BCUT2D eigenvalue weighted by molar-refractivity contribution is 6.30. The van der Waals surface area contributed by atoms with Gasteiger partial charge in [0.15, 0.2) is 5.89 Å². The number of hydrogen-bond acceptors (Lipinski definition) is 5. The molecule has 1 unspecified atom stereocenters. The van der Waals surface area contributed by atoms with Gasteiger partial charge in [0.25, 0.3) is 5.91 Å². The summed E-state index contributed by atoms with van der Waals surface area (Å²) in [5.74, 6) is 1.81. The summed E-state index contributed by atoms with van der Waals surface area (Å²) < 4.78 is 11.3. The molecule has 4 rings (SSSR count). The Morgan fingerprint density at radius 2 is 2.21 bits per heavy atom. The minimum Gasteiger partial charge on any atom is -0.480 e. The second-order valence-electron chi connectivity index (χ2n) is 7.12. The van der Waals surface area contributed by atoms with E-state index in [9.17, 15) is 4.79 Å². The van der Waals surface area contributed by atoms with Crippen molar-refractivity contribution in [2.75, 3.05) is 20.2 Å². The summed E-state index contributed by atoms with van der Waals surface area (Å²) in [5.41, 5.74) is 1.55. The lowest BCUT2D eigenvalue weighted by Crippen LogP contribution is -2.39. The van der Waals surface area contributed by atoms with Crippen molar-refractivity contribution in [3.63, 3.8) is 0 Å². The van der Waals surface area contributed by atoms with E-state index in [1.54, 1.807) is 24.5 Å². The topological polar surface area (TPSA) is 68.5 Å². The second kappa shape index (κ2) is 8.66. The number of benzene rings is 1. The number of hydrogen-bond donors (Lipinski definition) is 0. The number of nitrogens with zero attached hydrogens (tertiary/aromatic N) is 3. The van der Waals surface area contributed by atoms with Gasteiger partial charge in [0, 0.05) is 30.7 Å². The van der Waals surface area contributed by atoms with Gasteiger partial charge in [0.2, 0.25) is 5.88 Å². The maximum absolute atomic E-state index is 13.0. The lowest BCUT2D eigenvalue weighted by atomic mass is 9.97. The Hall–Kier alpha value is -2.86. The van der Waals surface area contributed by atoms with Crippen LogP contribution in [0.4, 0.5) is 0 Å². The third-order valence-electron chi connectivity index (χ3n) is 5.09. The van der Waals surface area contributed by atoms with Gasteiger partial charge in [-0.25, -0.2) is 9.97 Å². The number of aromatic nitrogens is 2. The molecular weight excluding hydrogens is 390 g/mol. The summed E-state index contributed by atoms with van der Waals surface area (Å²) in [6.45, 7) is 1.26. The Kier molecular flexibility index (Phi) is 5.81. The molecule has 7 heteroatoms. The first kappa shape index (κ1) is 19.5. The Bertz CT molecular complexity index is 1000. The number of halogens is 1. The van der Waals surface area contributed by atoms with Gasteiger partial charge in [0.05, 0.1) is 19.2 Å². The predicted octanol–water partition coefficient (Wildman–Crippen LogP) is 4.34. The van der Waals surface area contributed by atoms with Crippen LogP contribution in [0.3, 0.4) is 0 Å². The van der Waals surface area contributed by atoms with Crippen LogP contribution in [0, 0.1) is 0 Å². The summed E-state index contributed by atoms with van der Waals surface area (Å²) in [4.78, 5) is 23.4. The summed E-state index contributed by atoms with van der Waals surface area (Å²) in [7, 11) is 1.52. The average Bonchev–Trinajstić information content (AvgIpc) is 3.22. The third-order valence-corrected chi connectivity index (χ3v) is 5.33. The number of piperidine rings is 1. The van der Waals surface area contributed by atoms with Crippen LogP contribution in [0.15, 0.2) is 53.2 Å². The first-order chi connectivity index (χ1) is 14.1. The number of methoxy groups -OCH3 is 1. The molecule has 3 heterocycles. The molecule has 6 nitrogen and oxygen atoms in total. The fraction of sp³-hybridized carbons (Fsp3) is 0.318. The van der Waals surface area contributed by atoms with E-state index in [1.807, 2.05) is 29.2 Å². The number of carbonyl (C=O) groups is 1. The summed E-state index contributed by atoms with van der Waals surface area (Å²) in [6.07, 6.45) is 5.84. The minimum absolute atomic E-state index is 0.0727. The van der Waals surface area contributed by atoms with Gasteiger partial charge in [-0.05, 0) is 42.7 Å². The van der Waals surface area contributed by atoms with Gasteiger partial charge in [-0.3, -0.25) is 4.79 Å². The third kappa shape index (κ3) is 4.43. The van der Waals surface area contributed by atoms with Gasteiger partial charge < -0.3 is 14.1 Å². The van der Waals surface area contributed by atoms with E-state index in [4.69, 9.17) is 20.8 Å². The van der Waals surface area contributed by atoms with Gasteiger partial charge in [-0.2, -0.15) is 0 Å². The first-order valence-corrected chi connectivity index (χ1v) is 9.99. The van der Waals surface area contributed by atoms with Crippen LogP contribution in [0.1, 0.15) is 46.3 Å². The number of pyridine rings is 1. The molecule has 1 aromatic carbocycles. The highest BCUT2D eigenvalue weighted by Crippen LogP contribution is 2.29. The van der Waals surface area contributed by atoms with Gasteiger partial charge in [0.1, 0.15) is 11.3 Å². The highest BCUT2D eigenvalue weighted by Gasteiger charge is 2.29. The molecule has 2 aromatic heterocycles. The number of rotatable bonds is 5. The van der Waals surface area contributed by atoms with Crippen LogP contribution in [-0.2, 0) is 6.42 Å². The maximum atomic E-state index is 13.0. The predicted molar refractivity (Wildman–Crippen MR) is 109 cm³/mol. The van der Waals surface area contributed by atoms with Crippen molar-refractivity contribution in [2.45, 2.75) is 25.2 Å². The molecule has 0 aliphatic carbocycles. The van der Waals surface area contributed by atoms with Crippen LogP contribution in [0.5, 0.6) is 5.88 Å². The molecule has 1 atom stereocenters. The molecule has 0 radical (unpaired) electrons. The average molecular weight is 412 g/mol. The van der Waals surface area contributed by atoms with Gasteiger partial charge in [-0.1, -0.05) is 23.7 Å². The molecule has 0 saturated carbocycles. The van der Waals surface area contributed by atoms with E-state index in [1.165, 1.54) is 7.11 Å². The Morgan fingerprint density at radius 1 is 1.31 bits per heavy atom.